The van der Waals surface area contributed by atoms with Gasteiger partial charge in [-0.3, -0.25) is 14.8 Å². The summed E-state index contributed by atoms with van der Waals surface area (Å²) in [6.07, 6.45) is 5.18. The quantitative estimate of drug-likeness (QED) is 0.382. The maximum Gasteiger partial charge on any atom is 0.309 e. The monoisotopic (exact) mass is 454 g/mol. The van der Waals surface area contributed by atoms with Crippen molar-refractivity contribution in [3.8, 4) is 22.6 Å². The van der Waals surface area contributed by atoms with Crippen molar-refractivity contribution < 1.29 is 9.53 Å². The van der Waals surface area contributed by atoms with Gasteiger partial charge in [0.05, 0.1) is 46.7 Å². The molecule has 1 saturated carbocycles. The first kappa shape index (κ1) is 20.8. The first-order valence-corrected chi connectivity index (χ1v) is 11.7. The second-order valence-corrected chi connectivity index (χ2v) is 9.15. The lowest BCUT2D eigenvalue weighted by molar-refractivity contribution is -0.159. The van der Waals surface area contributed by atoms with Crippen LogP contribution in [0.2, 0.25) is 0 Å². The SMILES string of the molecule is Cc1cccc(-c2[nH]cnc2-c2ccc3ncc(N[C@H]4C[C@@H](C(=O)OC5CNC5)C4)cc3c2)n1. The Morgan fingerprint density at radius 2 is 2.00 bits per heavy atom. The van der Waals surface area contributed by atoms with Crippen molar-refractivity contribution in [3.05, 3.63) is 60.7 Å². The summed E-state index contributed by atoms with van der Waals surface area (Å²) in [4.78, 5) is 29.3. The summed E-state index contributed by atoms with van der Waals surface area (Å²) in [5, 5.41) is 7.67. The molecule has 172 valence electrons. The minimum Gasteiger partial charge on any atom is -0.459 e. The lowest BCUT2D eigenvalue weighted by Gasteiger charge is -2.36. The normalized spacial score (nSPS) is 19.9. The molecule has 0 radical (unpaired) electrons. The maximum atomic E-state index is 12.2. The molecule has 1 aliphatic heterocycles. The van der Waals surface area contributed by atoms with E-state index in [4.69, 9.17) is 4.74 Å². The van der Waals surface area contributed by atoms with Crippen molar-refractivity contribution in [2.24, 2.45) is 5.92 Å². The molecule has 1 aromatic carbocycles. The molecule has 3 N–H and O–H groups in total. The van der Waals surface area contributed by atoms with E-state index in [1.807, 2.05) is 43.5 Å². The van der Waals surface area contributed by atoms with Crippen LogP contribution in [0.4, 0.5) is 5.69 Å². The van der Waals surface area contributed by atoms with Crippen molar-refractivity contribution in [2.75, 3.05) is 18.4 Å². The van der Waals surface area contributed by atoms with E-state index in [2.05, 4.69) is 42.7 Å². The predicted molar refractivity (Wildman–Crippen MR) is 130 cm³/mol. The Balaban J connectivity index is 1.18. The number of nitrogens with one attached hydrogen (secondary N) is 3. The number of ether oxygens (including phenoxy) is 1. The van der Waals surface area contributed by atoms with Crippen LogP contribution in [-0.4, -0.2) is 51.1 Å². The first-order valence-electron chi connectivity index (χ1n) is 11.7. The second-order valence-electron chi connectivity index (χ2n) is 9.15. The molecule has 2 fully saturated rings. The van der Waals surface area contributed by atoms with Gasteiger partial charge in [0.15, 0.2) is 0 Å². The van der Waals surface area contributed by atoms with Gasteiger partial charge in [-0.2, -0.15) is 0 Å². The van der Waals surface area contributed by atoms with Gasteiger partial charge in [-0.05, 0) is 50.1 Å². The van der Waals surface area contributed by atoms with Crippen LogP contribution >= 0.6 is 0 Å². The molecular formula is C26H26N6O2. The number of hydrogen-bond acceptors (Lipinski definition) is 7. The molecule has 4 heterocycles. The van der Waals surface area contributed by atoms with Crippen LogP contribution in [-0.2, 0) is 9.53 Å². The number of nitrogens with zero attached hydrogens (tertiary/aromatic N) is 3. The van der Waals surface area contributed by atoms with E-state index in [9.17, 15) is 4.79 Å². The van der Waals surface area contributed by atoms with Gasteiger partial charge in [0.1, 0.15) is 6.10 Å². The second kappa shape index (κ2) is 8.53. The number of imidazole rings is 1. The van der Waals surface area contributed by atoms with Gasteiger partial charge < -0.3 is 20.4 Å². The van der Waals surface area contributed by atoms with Gasteiger partial charge in [0.25, 0.3) is 0 Å². The number of rotatable bonds is 6. The van der Waals surface area contributed by atoms with Crippen molar-refractivity contribution in [2.45, 2.75) is 31.9 Å². The van der Waals surface area contributed by atoms with Gasteiger partial charge in [-0.1, -0.05) is 12.1 Å². The summed E-state index contributed by atoms with van der Waals surface area (Å²) in [7, 11) is 0. The molecule has 0 spiro atoms. The zero-order valence-electron chi connectivity index (χ0n) is 18.9. The zero-order chi connectivity index (χ0) is 23.1. The number of esters is 1. The number of aromatic nitrogens is 4. The molecular weight excluding hydrogens is 428 g/mol. The van der Waals surface area contributed by atoms with Crippen LogP contribution in [0.25, 0.3) is 33.5 Å². The highest BCUT2D eigenvalue weighted by Gasteiger charge is 2.37. The molecule has 0 amide bonds. The van der Waals surface area contributed by atoms with E-state index >= 15 is 0 Å². The number of anilines is 1. The van der Waals surface area contributed by atoms with Gasteiger partial charge in [-0.25, -0.2) is 4.98 Å². The van der Waals surface area contributed by atoms with Crippen LogP contribution < -0.4 is 10.6 Å². The van der Waals surface area contributed by atoms with E-state index in [0.29, 0.717) is 0 Å². The van der Waals surface area contributed by atoms with Gasteiger partial charge in [0, 0.05) is 35.8 Å². The number of H-pyrrole nitrogens is 1. The number of hydrogen-bond donors (Lipinski definition) is 3. The van der Waals surface area contributed by atoms with E-state index in [1.165, 1.54) is 0 Å². The number of pyridine rings is 2. The minimum absolute atomic E-state index is 0.00793. The molecule has 3 aromatic heterocycles. The topological polar surface area (TPSA) is 105 Å². The Morgan fingerprint density at radius 3 is 2.79 bits per heavy atom. The Morgan fingerprint density at radius 1 is 1.12 bits per heavy atom. The molecule has 0 atom stereocenters. The van der Waals surface area contributed by atoms with Crippen molar-refractivity contribution in [1.29, 1.82) is 0 Å². The summed E-state index contributed by atoms with van der Waals surface area (Å²) < 4.78 is 5.49. The lowest BCUT2D eigenvalue weighted by atomic mass is 9.80. The average molecular weight is 455 g/mol. The molecule has 8 nitrogen and oxygen atoms in total. The number of aromatic amines is 1. The zero-order valence-corrected chi connectivity index (χ0v) is 18.9. The highest BCUT2D eigenvalue weighted by atomic mass is 16.5. The molecule has 34 heavy (non-hydrogen) atoms. The molecule has 6 rings (SSSR count). The summed E-state index contributed by atoms with van der Waals surface area (Å²) in [6.45, 7) is 3.52. The van der Waals surface area contributed by atoms with Crippen LogP contribution in [0, 0.1) is 12.8 Å². The number of fused-ring (bicyclic) bond motifs is 1. The third-order valence-electron chi connectivity index (χ3n) is 6.61. The molecule has 1 aliphatic carbocycles. The van der Waals surface area contributed by atoms with E-state index in [1.54, 1.807) is 6.33 Å². The van der Waals surface area contributed by atoms with Crippen LogP contribution in [0.3, 0.4) is 0 Å². The number of benzene rings is 1. The van der Waals surface area contributed by atoms with Gasteiger partial charge >= 0.3 is 5.97 Å². The third-order valence-corrected chi connectivity index (χ3v) is 6.61. The fourth-order valence-electron chi connectivity index (χ4n) is 4.52. The number of aryl methyl sites for hydroxylation is 1. The fraction of sp³-hybridized carbons (Fsp3) is 0.308. The summed E-state index contributed by atoms with van der Waals surface area (Å²) in [5.41, 5.74) is 6.46. The van der Waals surface area contributed by atoms with Gasteiger partial charge in [0.2, 0.25) is 0 Å². The third kappa shape index (κ3) is 4.01. The molecule has 1 saturated heterocycles. The Labute approximate surface area is 197 Å². The van der Waals surface area contributed by atoms with E-state index in [0.717, 1.165) is 70.9 Å². The first-order chi connectivity index (χ1) is 16.6. The Hall–Kier alpha value is -3.78. The highest BCUT2D eigenvalue weighted by molar-refractivity contribution is 5.88. The molecule has 4 aromatic rings. The average Bonchev–Trinajstić information content (AvgIpc) is 3.28. The Kier molecular flexibility index (Phi) is 5.22. The van der Waals surface area contributed by atoms with E-state index < -0.39 is 0 Å². The number of carbonyl (C=O) groups is 1. The predicted octanol–water partition coefficient (Wildman–Crippen LogP) is 3.70. The molecule has 0 bridgehead atoms. The molecule has 2 aliphatic rings. The summed E-state index contributed by atoms with van der Waals surface area (Å²) in [6, 6.07) is 14.5. The van der Waals surface area contributed by atoms with Crippen molar-refractivity contribution in [1.82, 2.24) is 25.3 Å². The van der Waals surface area contributed by atoms with Crippen molar-refractivity contribution in [3.63, 3.8) is 0 Å². The van der Waals surface area contributed by atoms with Crippen LogP contribution in [0.5, 0.6) is 0 Å². The molecule has 8 heteroatoms. The van der Waals surface area contributed by atoms with Crippen molar-refractivity contribution >= 4 is 22.6 Å². The highest BCUT2D eigenvalue weighted by Crippen LogP contribution is 2.33. The largest absolute Gasteiger partial charge is 0.459 e. The lowest BCUT2D eigenvalue weighted by Crippen LogP contribution is -2.51. The summed E-state index contributed by atoms with van der Waals surface area (Å²) >= 11 is 0. The number of carbonyl (C=O) groups excluding carboxylic acids is 1. The summed E-state index contributed by atoms with van der Waals surface area (Å²) in [5.74, 6) is -0.0739. The maximum absolute atomic E-state index is 12.2. The standard InChI is InChI=1S/C26H26N6O2/c1-15-3-2-4-23(31-15)25-24(29-14-30-25)16-5-6-22-17(7-16)8-20(11-28-22)32-19-9-18(10-19)26(33)34-21-12-27-13-21/h2-8,11,14,18-19,21,27,32H,9-10,12-13H2,1H3,(H,29,30)/t18-,19+. The minimum atomic E-state index is -0.0660. The molecule has 0 unspecified atom stereocenters. The Bertz CT molecular complexity index is 1360. The smallest absolute Gasteiger partial charge is 0.309 e. The van der Waals surface area contributed by atoms with E-state index in [-0.39, 0.29) is 24.0 Å². The van der Waals surface area contributed by atoms with Crippen LogP contribution in [0.1, 0.15) is 18.5 Å². The fourth-order valence-corrected chi connectivity index (χ4v) is 4.52. The van der Waals surface area contributed by atoms with Gasteiger partial charge in [-0.15, -0.1) is 0 Å². The van der Waals surface area contributed by atoms with Crippen LogP contribution in [0.15, 0.2) is 55.0 Å².